The van der Waals surface area contributed by atoms with Gasteiger partial charge < -0.3 is 4.40 Å². The van der Waals surface area contributed by atoms with Gasteiger partial charge in [0, 0.05) is 16.8 Å². The quantitative estimate of drug-likeness (QED) is 0.127. The first-order valence-electron chi connectivity index (χ1n) is 14.4. The van der Waals surface area contributed by atoms with Crippen LogP contribution < -0.4 is 4.57 Å². The van der Waals surface area contributed by atoms with Gasteiger partial charge in [0.15, 0.2) is 6.20 Å². The van der Waals surface area contributed by atoms with Gasteiger partial charge in [0.25, 0.3) is 0 Å². The average Bonchev–Trinajstić information content (AvgIpc) is 3.23. The molecule has 4 aliphatic rings. The van der Waals surface area contributed by atoms with Gasteiger partial charge in [-0.15, -0.1) is 0 Å². The third-order valence-electron chi connectivity index (χ3n) is 11.3. The van der Waals surface area contributed by atoms with E-state index < -0.39 is 0 Å². The molecule has 0 saturated heterocycles. The van der Waals surface area contributed by atoms with Crippen molar-refractivity contribution in [1.29, 1.82) is 0 Å². The molecule has 4 saturated carbocycles. The number of hydrogen-bond acceptors (Lipinski definition) is 0. The lowest BCUT2D eigenvalue weighted by molar-refractivity contribution is -0.643. The summed E-state index contributed by atoms with van der Waals surface area (Å²) in [4.78, 5) is 0. The highest BCUT2D eigenvalue weighted by molar-refractivity contribution is 6.26. The molecular formula is C35H35N2+. The van der Waals surface area contributed by atoms with Crippen LogP contribution in [0, 0.1) is 38.5 Å². The molecule has 3 aromatic heterocycles. The predicted octanol–water partition coefficient (Wildman–Crippen LogP) is 8.21. The minimum atomic E-state index is 0.388. The van der Waals surface area contributed by atoms with Crippen molar-refractivity contribution >= 4 is 49.0 Å². The van der Waals surface area contributed by atoms with Crippen molar-refractivity contribution in [3.05, 3.63) is 70.9 Å². The third kappa shape index (κ3) is 2.42. The lowest BCUT2D eigenvalue weighted by atomic mass is 9.48. The molecule has 2 heteroatoms. The van der Waals surface area contributed by atoms with E-state index >= 15 is 0 Å². The van der Waals surface area contributed by atoms with Crippen LogP contribution in [0.1, 0.15) is 60.8 Å². The molecule has 4 fully saturated rings. The summed E-state index contributed by atoms with van der Waals surface area (Å²) < 4.78 is 5.03. The largest absolute Gasteiger partial charge is 0.307 e. The van der Waals surface area contributed by atoms with Crippen molar-refractivity contribution < 1.29 is 4.57 Å². The molecule has 3 heterocycles. The van der Waals surface area contributed by atoms with Crippen molar-refractivity contribution in [2.24, 2.45) is 24.8 Å². The van der Waals surface area contributed by atoms with Crippen molar-refractivity contribution in [3.8, 4) is 0 Å². The summed E-state index contributed by atoms with van der Waals surface area (Å²) in [5.74, 6) is 2.86. The Morgan fingerprint density at radius 2 is 1.43 bits per heavy atom. The summed E-state index contributed by atoms with van der Waals surface area (Å²) in [5.41, 5.74) is 11.9. The number of fused-ring (bicyclic) bond motifs is 5. The fourth-order valence-electron chi connectivity index (χ4n) is 9.96. The minimum Gasteiger partial charge on any atom is -0.307 e. The Labute approximate surface area is 218 Å². The van der Waals surface area contributed by atoms with E-state index in [4.69, 9.17) is 0 Å². The Morgan fingerprint density at radius 3 is 2.16 bits per heavy atom. The molecule has 0 amide bonds. The standard InChI is InChI=1S/C35H35N2/c1-19-20(2)30-27-7-5-6-8-28(27)37-29-15-26(35-16-22-11-23(17-35)13-24(12-22)18-35)14-25-9-10-36(4)33(32(25)29)31(21(19)3)34(30)37/h5-10,14-15,22-24H,11-13,16-18H2,1-4H3/q+1. The van der Waals surface area contributed by atoms with Crippen LogP contribution in [0.2, 0.25) is 0 Å². The number of aromatic nitrogens is 2. The first kappa shape index (κ1) is 20.9. The van der Waals surface area contributed by atoms with Crippen LogP contribution in [0.5, 0.6) is 0 Å². The Bertz CT molecular complexity index is 1920. The van der Waals surface area contributed by atoms with Gasteiger partial charge in [-0.3, -0.25) is 0 Å². The number of hydrogen-bond donors (Lipinski definition) is 0. The maximum Gasteiger partial charge on any atom is 0.224 e. The second-order valence-electron chi connectivity index (χ2n) is 13.3. The predicted molar refractivity (Wildman–Crippen MR) is 154 cm³/mol. The molecule has 6 aromatic rings. The zero-order valence-electron chi connectivity index (χ0n) is 22.5. The summed E-state index contributed by atoms with van der Waals surface area (Å²) in [7, 11) is 2.24. The van der Waals surface area contributed by atoms with E-state index in [9.17, 15) is 0 Å². The third-order valence-corrected chi connectivity index (χ3v) is 11.3. The monoisotopic (exact) mass is 483 g/mol. The highest BCUT2D eigenvalue weighted by atomic mass is 15.0. The van der Waals surface area contributed by atoms with Crippen LogP contribution in [0.15, 0.2) is 48.7 Å². The van der Waals surface area contributed by atoms with E-state index in [2.05, 4.69) is 85.4 Å². The number of benzene rings is 3. The second-order valence-corrected chi connectivity index (χ2v) is 13.3. The summed E-state index contributed by atoms with van der Waals surface area (Å²) >= 11 is 0. The summed E-state index contributed by atoms with van der Waals surface area (Å²) in [6, 6.07) is 16.8. The number of rotatable bonds is 1. The number of aryl methyl sites for hydroxylation is 3. The molecule has 0 atom stereocenters. The highest BCUT2D eigenvalue weighted by Crippen LogP contribution is 2.61. The molecule has 0 spiro atoms. The molecular weight excluding hydrogens is 448 g/mol. The Morgan fingerprint density at radius 1 is 0.757 bits per heavy atom. The molecule has 0 radical (unpaired) electrons. The highest BCUT2D eigenvalue weighted by Gasteiger charge is 2.51. The second kappa shape index (κ2) is 6.65. The molecule has 37 heavy (non-hydrogen) atoms. The summed E-state index contributed by atoms with van der Waals surface area (Å²) in [6.45, 7) is 6.99. The van der Waals surface area contributed by atoms with E-state index in [0.29, 0.717) is 5.41 Å². The zero-order valence-corrected chi connectivity index (χ0v) is 22.5. The van der Waals surface area contributed by atoms with Gasteiger partial charge in [-0.1, -0.05) is 18.2 Å². The van der Waals surface area contributed by atoms with E-state index in [0.717, 1.165) is 17.8 Å². The number of nitrogens with zero attached hydrogens (tertiary/aromatic N) is 2. The topological polar surface area (TPSA) is 8.29 Å². The lowest BCUT2D eigenvalue weighted by Gasteiger charge is -2.57. The normalized spacial score (nSPS) is 27.2. The maximum atomic E-state index is 2.65. The molecule has 10 rings (SSSR count). The van der Waals surface area contributed by atoms with Crippen LogP contribution in [-0.4, -0.2) is 4.40 Å². The van der Waals surface area contributed by atoms with E-state index in [1.165, 1.54) is 104 Å². The molecule has 4 bridgehead atoms. The van der Waals surface area contributed by atoms with Crippen LogP contribution in [0.4, 0.5) is 0 Å². The molecule has 4 aliphatic carbocycles. The van der Waals surface area contributed by atoms with Gasteiger partial charge in [-0.25, -0.2) is 4.57 Å². The van der Waals surface area contributed by atoms with Gasteiger partial charge in [-0.2, -0.15) is 0 Å². The SMILES string of the molecule is Cc1c(C)c2c3ccccc3n3c4cc(C56CC7CC(CC(C7)C5)C6)cc5cc[n+](C)c(c(c1C)c23)c54. The fourth-order valence-corrected chi connectivity index (χ4v) is 9.96. The lowest BCUT2D eigenvalue weighted by Crippen LogP contribution is -2.48. The van der Waals surface area contributed by atoms with E-state index in [-0.39, 0.29) is 0 Å². The molecule has 184 valence electrons. The first-order valence-corrected chi connectivity index (χ1v) is 14.4. The van der Waals surface area contributed by atoms with Crippen LogP contribution in [0.25, 0.3) is 49.0 Å². The molecule has 0 unspecified atom stereocenters. The first-order chi connectivity index (χ1) is 17.9. The maximum absolute atomic E-state index is 2.65. The minimum absolute atomic E-state index is 0.388. The molecule has 3 aromatic carbocycles. The van der Waals surface area contributed by atoms with E-state index in [1.807, 2.05) is 0 Å². The van der Waals surface area contributed by atoms with Crippen molar-refractivity contribution in [2.45, 2.75) is 64.7 Å². The summed E-state index contributed by atoms with van der Waals surface area (Å²) in [6.07, 6.45) is 11.0. The van der Waals surface area contributed by atoms with Gasteiger partial charge in [0.05, 0.1) is 27.3 Å². The van der Waals surface area contributed by atoms with Crippen LogP contribution in [0.3, 0.4) is 0 Å². The van der Waals surface area contributed by atoms with E-state index in [1.54, 1.807) is 5.56 Å². The number of pyridine rings is 2. The summed E-state index contributed by atoms with van der Waals surface area (Å²) in [5, 5.41) is 7.11. The molecule has 0 N–H and O–H groups in total. The van der Waals surface area contributed by atoms with Crippen LogP contribution in [-0.2, 0) is 12.5 Å². The molecule has 2 nitrogen and oxygen atoms in total. The number of para-hydroxylation sites is 1. The Balaban J connectivity index is 1.52. The Hall–Kier alpha value is -3.13. The van der Waals surface area contributed by atoms with Crippen molar-refractivity contribution in [2.75, 3.05) is 0 Å². The van der Waals surface area contributed by atoms with Crippen molar-refractivity contribution in [1.82, 2.24) is 4.40 Å². The zero-order chi connectivity index (χ0) is 24.8. The Kier molecular flexibility index (Phi) is 3.75. The molecule has 0 aliphatic heterocycles. The van der Waals surface area contributed by atoms with Gasteiger partial charge in [0.2, 0.25) is 5.52 Å². The van der Waals surface area contributed by atoms with Gasteiger partial charge in [-0.05, 0) is 128 Å². The fraction of sp³-hybridized carbons (Fsp3) is 0.400. The van der Waals surface area contributed by atoms with Crippen LogP contribution >= 0.6 is 0 Å². The smallest absolute Gasteiger partial charge is 0.224 e. The average molecular weight is 484 g/mol. The van der Waals surface area contributed by atoms with Gasteiger partial charge in [0.1, 0.15) is 7.05 Å². The van der Waals surface area contributed by atoms with Crippen molar-refractivity contribution in [3.63, 3.8) is 0 Å². The van der Waals surface area contributed by atoms with Gasteiger partial charge >= 0.3 is 0 Å².